The molecule has 0 saturated carbocycles. The average Bonchev–Trinajstić information content (AvgIpc) is 3.85. The van der Waals surface area contributed by atoms with Crippen LogP contribution in [0, 0.1) is 0 Å². The first-order valence-corrected chi connectivity index (χ1v) is 20.8. The molecular formula is C52H37NS2. The molecule has 0 atom stereocenters. The zero-order valence-corrected chi connectivity index (χ0v) is 32.4. The van der Waals surface area contributed by atoms with Gasteiger partial charge >= 0.3 is 0 Å². The molecule has 0 N–H and O–H groups in total. The van der Waals surface area contributed by atoms with Crippen molar-refractivity contribution in [2.75, 3.05) is 5.75 Å². The van der Waals surface area contributed by atoms with E-state index < -0.39 is 0 Å². The molecule has 11 rings (SSSR count). The molecule has 1 nitrogen and oxygen atoms in total. The first kappa shape index (κ1) is 32.6. The molecule has 0 bridgehead atoms. The van der Waals surface area contributed by atoms with E-state index in [1.165, 1.54) is 96.9 Å². The molecular weight excluding hydrogens is 703 g/mol. The van der Waals surface area contributed by atoms with Gasteiger partial charge in [-0.2, -0.15) is 0 Å². The fraction of sp³-hybridized carbons (Fsp3) is 0.0769. The van der Waals surface area contributed by atoms with Gasteiger partial charge in [0.15, 0.2) is 0 Å². The number of hydrogen-bond donors (Lipinski definition) is 0. The van der Waals surface area contributed by atoms with Gasteiger partial charge in [0.05, 0.1) is 11.0 Å². The third-order valence-electron chi connectivity index (χ3n) is 11.8. The Morgan fingerprint density at radius 2 is 1.29 bits per heavy atom. The molecule has 0 saturated heterocycles. The van der Waals surface area contributed by atoms with Crippen molar-refractivity contribution in [3.8, 4) is 39.1 Å². The van der Waals surface area contributed by atoms with Crippen molar-refractivity contribution in [3.63, 3.8) is 0 Å². The number of benzene rings is 7. The molecule has 262 valence electrons. The van der Waals surface area contributed by atoms with E-state index in [1.54, 1.807) is 0 Å². The lowest BCUT2D eigenvalue weighted by Gasteiger charge is -2.23. The van der Waals surface area contributed by atoms with Crippen LogP contribution in [0.5, 0.6) is 0 Å². The van der Waals surface area contributed by atoms with E-state index in [0.717, 1.165) is 17.0 Å². The highest BCUT2D eigenvalue weighted by Crippen LogP contribution is 2.54. The summed E-state index contributed by atoms with van der Waals surface area (Å²) in [4.78, 5) is 1.26. The van der Waals surface area contributed by atoms with Crippen LogP contribution in [-0.2, 0) is 5.41 Å². The Hall–Kier alpha value is -5.87. The molecule has 2 aliphatic rings. The molecule has 9 aromatic rings. The molecule has 1 aliphatic heterocycles. The molecule has 7 aromatic carbocycles. The minimum atomic E-state index is -0.133. The first-order chi connectivity index (χ1) is 26.9. The molecule has 0 radical (unpaired) electrons. The van der Waals surface area contributed by atoms with Gasteiger partial charge in [-0.1, -0.05) is 124 Å². The van der Waals surface area contributed by atoms with Gasteiger partial charge in [-0.25, -0.2) is 0 Å². The molecule has 3 heteroatoms. The number of nitrogens with zero attached hydrogens (tertiary/aromatic N) is 1. The highest BCUT2D eigenvalue weighted by molar-refractivity contribution is 7.99. The number of fused-ring (bicyclic) bond motifs is 11. The van der Waals surface area contributed by atoms with E-state index in [9.17, 15) is 0 Å². The zero-order valence-electron chi connectivity index (χ0n) is 30.8. The van der Waals surface area contributed by atoms with Crippen LogP contribution in [0.4, 0.5) is 0 Å². The van der Waals surface area contributed by atoms with Gasteiger partial charge in [0.1, 0.15) is 0 Å². The number of hydrogen-bond acceptors (Lipinski definition) is 2. The SMILES string of the molecule is C=C1/C=C\C=C/CSc2ccc(-n3c4ccc(-c5ccccc5)cc4c4cc(-c5ccc6c(c5)C(C)(C)c5c-6ccc6sc7ccccc7c56)ccc43)cc21. The summed E-state index contributed by atoms with van der Waals surface area (Å²) in [6.07, 6.45) is 8.54. The molecule has 0 amide bonds. The van der Waals surface area contributed by atoms with Gasteiger partial charge in [0.2, 0.25) is 0 Å². The normalized spacial score (nSPS) is 15.8. The molecule has 1 aliphatic carbocycles. The second-order valence-electron chi connectivity index (χ2n) is 15.3. The summed E-state index contributed by atoms with van der Waals surface area (Å²) >= 11 is 3.77. The largest absolute Gasteiger partial charge is 0.309 e. The van der Waals surface area contributed by atoms with Crippen molar-refractivity contribution in [3.05, 3.63) is 187 Å². The lowest BCUT2D eigenvalue weighted by Crippen LogP contribution is -2.15. The quantitative estimate of drug-likeness (QED) is 0.175. The minimum Gasteiger partial charge on any atom is -0.309 e. The number of thioether (sulfide) groups is 1. The number of allylic oxidation sites excluding steroid dienone is 4. The van der Waals surface area contributed by atoms with E-state index in [0.29, 0.717) is 0 Å². The Labute approximate surface area is 329 Å². The molecule has 55 heavy (non-hydrogen) atoms. The van der Waals surface area contributed by atoms with Crippen LogP contribution in [0.25, 0.3) is 86.6 Å². The van der Waals surface area contributed by atoms with E-state index in [2.05, 4.69) is 189 Å². The number of aromatic nitrogens is 1. The topological polar surface area (TPSA) is 4.93 Å². The summed E-state index contributed by atoms with van der Waals surface area (Å²) in [6, 6.07) is 52.4. The highest BCUT2D eigenvalue weighted by atomic mass is 32.2. The standard InChI is InChI=1S/C52H37NS2/c1-32-12-6-5-11-27-54-47-25-20-37(31-41(32)47)53-45-23-18-34(33-13-7-4-8-14-33)28-42(45)43-29-35(19-24-46(43)53)36-17-21-38-39-22-26-49-50(40-15-9-10-16-48(40)55-49)51(39)52(2,3)44(38)30-36/h4-26,28-31H,1,27H2,2-3H3/b11-5-,12-6-. The molecule has 2 aromatic heterocycles. The molecule has 0 fully saturated rings. The summed E-state index contributed by atoms with van der Waals surface area (Å²) < 4.78 is 5.17. The zero-order chi connectivity index (χ0) is 36.8. The van der Waals surface area contributed by atoms with Crippen molar-refractivity contribution in [1.82, 2.24) is 4.57 Å². The maximum atomic E-state index is 4.47. The summed E-state index contributed by atoms with van der Waals surface area (Å²) in [6.45, 7) is 9.30. The fourth-order valence-electron chi connectivity index (χ4n) is 9.16. The van der Waals surface area contributed by atoms with Gasteiger partial charge in [0.25, 0.3) is 0 Å². The molecule has 3 heterocycles. The minimum absolute atomic E-state index is 0.133. The maximum absolute atomic E-state index is 4.47. The highest BCUT2D eigenvalue weighted by Gasteiger charge is 2.38. The predicted molar refractivity (Wildman–Crippen MR) is 240 cm³/mol. The third-order valence-corrected chi connectivity index (χ3v) is 14.0. The van der Waals surface area contributed by atoms with Gasteiger partial charge in [-0.05, 0) is 116 Å². The fourth-order valence-corrected chi connectivity index (χ4v) is 11.2. The Bertz CT molecular complexity index is 3130. The predicted octanol–water partition coefficient (Wildman–Crippen LogP) is 15.0. The molecule has 0 unspecified atom stereocenters. The smallest absolute Gasteiger partial charge is 0.0541 e. The van der Waals surface area contributed by atoms with Crippen molar-refractivity contribution in [1.29, 1.82) is 0 Å². The van der Waals surface area contributed by atoms with Crippen molar-refractivity contribution >= 4 is 70.6 Å². The van der Waals surface area contributed by atoms with Crippen molar-refractivity contribution in [2.45, 2.75) is 24.2 Å². The third kappa shape index (κ3) is 5.00. The van der Waals surface area contributed by atoms with Gasteiger partial charge in [-0.3, -0.25) is 0 Å². The van der Waals surface area contributed by atoms with Crippen LogP contribution < -0.4 is 0 Å². The second kappa shape index (κ2) is 12.3. The van der Waals surface area contributed by atoms with Gasteiger partial charge in [-0.15, -0.1) is 23.1 Å². The van der Waals surface area contributed by atoms with Gasteiger partial charge < -0.3 is 4.57 Å². The number of thiophene rings is 1. The maximum Gasteiger partial charge on any atom is 0.0541 e. The summed E-state index contributed by atoms with van der Waals surface area (Å²) in [5.41, 5.74) is 16.1. The lowest BCUT2D eigenvalue weighted by molar-refractivity contribution is 0.667. The van der Waals surface area contributed by atoms with Gasteiger partial charge in [0, 0.05) is 52.7 Å². The Morgan fingerprint density at radius 1 is 0.582 bits per heavy atom. The Balaban J connectivity index is 1.09. The van der Waals surface area contributed by atoms with Crippen LogP contribution in [0.15, 0.2) is 175 Å². The van der Waals surface area contributed by atoms with E-state index >= 15 is 0 Å². The lowest BCUT2D eigenvalue weighted by atomic mass is 9.80. The Morgan fingerprint density at radius 3 is 2.11 bits per heavy atom. The van der Waals surface area contributed by atoms with Crippen LogP contribution >= 0.6 is 23.1 Å². The Kier molecular flexibility index (Phi) is 7.30. The first-order valence-electron chi connectivity index (χ1n) is 19.0. The van der Waals surface area contributed by atoms with E-state index in [4.69, 9.17) is 0 Å². The second-order valence-corrected chi connectivity index (χ2v) is 17.5. The van der Waals surface area contributed by atoms with Crippen LogP contribution in [0.2, 0.25) is 0 Å². The van der Waals surface area contributed by atoms with E-state index in [1.807, 2.05) is 23.1 Å². The summed E-state index contributed by atoms with van der Waals surface area (Å²) in [5.74, 6) is 0.936. The monoisotopic (exact) mass is 739 g/mol. The van der Waals surface area contributed by atoms with E-state index in [-0.39, 0.29) is 5.41 Å². The summed E-state index contributed by atoms with van der Waals surface area (Å²) in [7, 11) is 0. The van der Waals surface area contributed by atoms with Crippen LogP contribution in [0.1, 0.15) is 30.5 Å². The van der Waals surface area contributed by atoms with Crippen molar-refractivity contribution < 1.29 is 0 Å². The van der Waals surface area contributed by atoms with Crippen molar-refractivity contribution in [2.24, 2.45) is 0 Å². The summed E-state index contributed by atoms with van der Waals surface area (Å²) in [5, 5.41) is 5.29. The van der Waals surface area contributed by atoms with Crippen LogP contribution in [-0.4, -0.2) is 10.3 Å². The molecule has 0 spiro atoms. The van der Waals surface area contributed by atoms with Crippen LogP contribution in [0.3, 0.4) is 0 Å². The average molecular weight is 740 g/mol. The number of rotatable bonds is 3.